The van der Waals surface area contributed by atoms with Crippen LogP contribution in [0.3, 0.4) is 0 Å². The SMILES string of the molecule is CNc1nc(NCc2cn3cc(C)ccc3n2)nc(NCc2cn3cc(C)ccc3n2)n1. The van der Waals surface area contributed by atoms with E-state index >= 15 is 0 Å². The van der Waals surface area contributed by atoms with Crippen molar-refractivity contribution in [3.8, 4) is 0 Å². The number of nitrogens with zero attached hydrogens (tertiary/aromatic N) is 7. The Kier molecular flexibility index (Phi) is 5.02. The van der Waals surface area contributed by atoms with Crippen LogP contribution in [-0.2, 0) is 13.1 Å². The second-order valence-electron chi connectivity index (χ2n) is 7.67. The molecule has 0 saturated carbocycles. The van der Waals surface area contributed by atoms with Gasteiger partial charge >= 0.3 is 0 Å². The molecule has 5 rings (SSSR count). The maximum absolute atomic E-state index is 4.62. The first-order chi connectivity index (χ1) is 15.6. The van der Waals surface area contributed by atoms with Gasteiger partial charge in [0.15, 0.2) is 0 Å². The number of nitrogens with one attached hydrogen (secondary N) is 3. The van der Waals surface area contributed by atoms with E-state index in [0.717, 1.165) is 22.7 Å². The van der Waals surface area contributed by atoms with Gasteiger partial charge in [-0.1, -0.05) is 12.1 Å². The van der Waals surface area contributed by atoms with Crippen LogP contribution in [0.2, 0.25) is 0 Å². The first-order valence-electron chi connectivity index (χ1n) is 10.4. The number of rotatable bonds is 7. The minimum absolute atomic E-state index is 0.464. The highest BCUT2D eigenvalue weighted by Gasteiger charge is 2.09. The van der Waals surface area contributed by atoms with E-state index in [2.05, 4.69) is 67.1 Å². The molecule has 162 valence electrons. The molecule has 10 nitrogen and oxygen atoms in total. The van der Waals surface area contributed by atoms with E-state index in [1.807, 2.05) is 45.5 Å². The van der Waals surface area contributed by atoms with E-state index in [9.17, 15) is 0 Å². The number of imidazole rings is 2. The van der Waals surface area contributed by atoms with Gasteiger partial charge in [-0.25, -0.2) is 9.97 Å². The number of anilines is 3. The predicted molar refractivity (Wildman–Crippen MR) is 124 cm³/mol. The fourth-order valence-corrected chi connectivity index (χ4v) is 3.47. The van der Waals surface area contributed by atoms with Gasteiger partial charge in [-0.05, 0) is 37.1 Å². The van der Waals surface area contributed by atoms with E-state index in [1.54, 1.807) is 7.05 Å². The molecule has 0 aliphatic carbocycles. The number of pyridine rings is 2. The van der Waals surface area contributed by atoms with Crippen molar-refractivity contribution in [3.05, 3.63) is 71.6 Å². The van der Waals surface area contributed by atoms with Crippen LogP contribution >= 0.6 is 0 Å². The molecule has 0 aliphatic heterocycles. The number of hydrogen-bond acceptors (Lipinski definition) is 8. The van der Waals surface area contributed by atoms with Crippen LogP contribution in [0.15, 0.2) is 49.1 Å². The lowest BCUT2D eigenvalue weighted by Crippen LogP contribution is -2.11. The molecule has 5 aromatic rings. The maximum atomic E-state index is 4.62. The lowest BCUT2D eigenvalue weighted by atomic mass is 10.3. The summed E-state index contributed by atoms with van der Waals surface area (Å²) in [6.45, 7) is 5.12. The lowest BCUT2D eigenvalue weighted by molar-refractivity contribution is 0.960. The van der Waals surface area contributed by atoms with Crippen molar-refractivity contribution in [2.75, 3.05) is 23.0 Å². The molecule has 0 fully saturated rings. The topological polar surface area (TPSA) is 109 Å². The first-order valence-corrected chi connectivity index (χ1v) is 10.4. The van der Waals surface area contributed by atoms with Crippen LogP contribution in [0.25, 0.3) is 11.3 Å². The Hall–Kier alpha value is -4.21. The standard InChI is InChI=1S/C22H24N10/c1-14-4-6-18-26-16(12-31(18)10-14)8-24-21-28-20(23-3)29-22(30-21)25-9-17-13-32-11-15(2)5-7-19(32)27-17/h4-7,10-13H,8-9H2,1-3H3,(H3,23,24,25,28,29,30). The maximum Gasteiger partial charge on any atom is 0.229 e. The van der Waals surface area contributed by atoms with Gasteiger partial charge in [0, 0.05) is 31.8 Å². The molecule has 0 bridgehead atoms. The third-order valence-electron chi connectivity index (χ3n) is 5.01. The monoisotopic (exact) mass is 428 g/mol. The molecule has 5 heterocycles. The van der Waals surface area contributed by atoms with E-state index < -0.39 is 0 Å². The molecule has 0 unspecified atom stereocenters. The van der Waals surface area contributed by atoms with Crippen molar-refractivity contribution in [1.29, 1.82) is 0 Å². The van der Waals surface area contributed by atoms with Gasteiger partial charge in [-0.15, -0.1) is 0 Å². The Labute approximate surface area is 184 Å². The Morgan fingerprint density at radius 3 is 1.56 bits per heavy atom. The summed E-state index contributed by atoms with van der Waals surface area (Å²) in [5, 5.41) is 9.46. The van der Waals surface area contributed by atoms with Gasteiger partial charge in [0.1, 0.15) is 11.3 Å². The molecule has 0 spiro atoms. The third-order valence-corrected chi connectivity index (χ3v) is 5.01. The van der Waals surface area contributed by atoms with Gasteiger partial charge in [0.05, 0.1) is 24.5 Å². The molecule has 3 N–H and O–H groups in total. The van der Waals surface area contributed by atoms with E-state index in [4.69, 9.17) is 0 Å². The minimum atomic E-state index is 0.464. The highest BCUT2D eigenvalue weighted by atomic mass is 15.3. The summed E-state index contributed by atoms with van der Waals surface area (Å²) < 4.78 is 4.03. The van der Waals surface area contributed by atoms with Crippen LogP contribution in [0.1, 0.15) is 22.5 Å². The summed E-state index contributed by atoms with van der Waals surface area (Å²) in [7, 11) is 1.78. The Morgan fingerprint density at radius 1 is 0.625 bits per heavy atom. The third kappa shape index (κ3) is 4.15. The van der Waals surface area contributed by atoms with Crippen molar-refractivity contribution < 1.29 is 0 Å². The van der Waals surface area contributed by atoms with Crippen LogP contribution in [-0.4, -0.2) is 40.8 Å². The van der Waals surface area contributed by atoms with Crippen LogP contribution < -0.4 is 16.0 Å². The molecule has 0 aliphatic rings. The summed E-state index contributed by atoms with van der Waals surface area (Å²) >= 11 is 0. The summed E-state index contributed by atoms with van der Waals surface area (Å²) in [5.41, 5.74) is 5.98. The Balaban J connectivity index is 1.29. The summed E-state index contributed by atoms with van der Waals surface area (Å²) in [4.78, 5) is 22.5. The van der Waals surface area contributed by atoms with Crippen molar-refractivity contribution >= 4 is 29.1 Å². The van der Waals surface area contributed by atoms with E-state index in [0.29, 0.717) is 30.9 Å². The molecule has 0 atom stereocenters. The largest absolute Gasteiger partial charge is 0.357 e. The second-order valence-corrected chi connectivity index (χ2v) is 7.67. The number of fused-ring (bicyclic) bond motifs is 2. The zero-order chi connectivity index (χ0) is 22.1. The molecule has 0 radical (unpaired) electrons. The highest BCUT2D eigenvalue weighted by Crippen LogP contribution is 2.13. The fourth-order valence-electron chi connectivity index (χ4n) is 3.47. The van der Waals surface area contributed by atoms with Crippen molar-refractivity contribution in [2.24, 2.45) is 0 Å². The van der Waals surface area contributed by atoms with Crippen molar-refractivity contribution in [1.82, 2.24) is 33.7 Å². The van der Waals surface area contributed by atoms with Gasteiger partial charge in [-0.2, -0.15) is 15.0 Å². The molecule has 0 aromatic carbocycles. The molecule has 0 amide bonds. The number of hydrogen-bond donors (Lipinski definition) is 3. The summed E-state index contributed by atoms with van der Waals surface area (Å²) in [6, 6.07) is 8.10. The molecule has 0 saturated heterocycles. The molecular formula is C22H24N10. The summed E-state index contributed by atoms with van der Waals surface area (Å²) in [5.74, 6) is 1.40. The van der Waals surface area contributed by atoms with Crippen molar-refractivity contribution in [2.45, 2.75) is 26.9 Å². The predicted octanol–water partition coefficient (Wildman–Crippen LogP) is 3.05. The fraction of sp³-hybridized carbons (Fsp3) is 0.227. The zero-order valence-electron chi connectivity index (χ0n) is 18.2. The molecular weight excluding hydrogens is 404 g/mol. The summed E-state index contributed by atoms with van der Waals surface area (Å²) in [6.07, 6.45) is 8.10. The van der Waals surface area contributed by atoms with Gasteiger partial charge in [0.2, 0.25) is 17.8 Å². The van der Waals surface area contributed by atoms with Crippen molar-refractivity contribution in [3.63, 3.8) is 0 Å². The second kappa shape index (κ2) is 8.14. The zero-order valence-corrected chi connectivity index (χ0v) is 18.2. The number of aryl methyl sites for hydroxylation is 2. The first kappa shape index (κ1) is 19.7. The van der Waals surface area contributed by atoms with Crippen LogP contribution in [0.4, 0.5) is 17.8 Å². The smallest absolute Gasteiger partial charge is 0.229 e. The Bertz CT molecular complexity index is 1300. The molecule has 10 heteroatoms. The Morgan fingerprint density at radius 2 is 1.09 bits per heavy atom. The molecule has 32 heavy (non-hydrogen) atoms. The lowest BCUT2D eigenvalue weighted by Gasteiger charge is -2.08. The number of aromatic nitrogens is 7. The van der Waals surface area contributed by atoms with Crippen LogP contribution in [0, 0.1) is 13.8 Å². The molecule has 5 aromatic heterocycles. The average Bonchev–Trinajstić information content (AvgIpc) is 3.38. The van der Waals surface area contributed by atoms with E-state index in [-0.39, 0.29) is 0 Å². The van der Waals surface area contributed by atoms with E-state index in [1.165, 1.54) is 11.1 Å². The average molecular weight is 429 g/mol. The van der Waals surface area contributed by atoms with Gasteiger partial charge < -0.3 is 24.8 Å². The highest BCUT2D eigenvalue weighted by molar-refractivity contribution is 5.45. The normalized spacial score (nSPS) is 11.2. The van der Waals surface area contributed by atoms with Gasteiger partial charge in [-0.3, -0.25) is 0 Å². The quantitative estimate of drug-likeness (QED) is 0.363. The minimum Gasteiger partial charge on any atom is -0.357 e. The van der Waals surface area contributed by atoms with Gasteiger partial charge in [0.25, 0.3) is 0 Å². The van der Waals surface area contributed by atoms with Crippen LogP contribution in [0.5, 0.6) is 0 Å².